The molecule has 1 aromatic rings. The van der Waals surface area contributed by atoms with Crippen LogP contribution in [0.15, 0.2) is 6.07 Å². The molecule has 2 atom stereocenters. The first kappa shape index (κ1) is 13.4. The van der Waals surface area contributed by atoms with Crippen LogP contribution < -0.4 is 5.32 Å². The maximum Gasteiger partial charge on any atom is 0.144 e. The molecule has 2 heterocycles. The Morgan fingerprint density at radius 1 is 1.45 bits per heavy atom. The van der Waals surface area contributed by atoms with Crippen LogP contribution in [0.4, 0.5) is 5.82 Å². The summed E-state index contributed by atoms with van der Waals surface area (Å²) in [6, 6.07) is 4.76. The van der Waals surface area contributed by atoms with Crippen molar-refractivity contribution in [1.29, 1.82) is 5.26 Å². The van der Waals surface area contributed by atoms with Gasteiger partial charge in [0.25, 0.3) is 0 Å². The molecule has 1 aliphatic heterocycles. The molecular weight excluding hydrogens is 248 g/mol. The Kier molecular flexibility index (Phi) is 3.62. The highest BCUT2D eigenvalue weighted by Crippen LogP contribution is 2.27. The Labute approximate surface area is 120 Å². The molecule has 0 spiro atoms. The van der Waals surface area contributed by atoms with Gasteiger partial charge in [0.05, 0.1) is 5.56 Å². The number of nitrogens with zero attached hydrogens (tertiary/aromatic N) is 3. The number of hydrogen-bond acceptors (Lipinski definition) is 4. The largest absolute Gasteiger partial charge is 0.366 e. The molecule has 0 bridgehead atoms. The molecule has 1 saturated heterocycles. The highest BCUT2D eigenvalue weighted by atomic mass is 15.1. The Balaban J connectivity index is 1.82. The Morgan fingerprint density at radius 3 is 3.05 bits per heavy atom. The molecule has 3 rings (SSSR count). The van der Waals surface area contributed by atoms with Crippen LogP contribution >= 0.6 is 0 Å². The van der Waals surface area contributed by atoms with Gasteiger partial charge in [-0.1, -0.05) is 6.92 Å². The third kappa shape index (κ3) is 2.51. The van der Waals surface area contributed by atoms with E-state index in [0.717, 1.165) is 38.2 Å². The molecule has 2 unspecified atom stereocenters. The van der Waals surface area contributed by atoms with Crippen LogP contribution in [-0.2, 0) is 12.8 Å². The van der Waals surface area contributed by atoms with Crippen molar-refractivity contribution < 1.29 is 0 Å². The van der Waals surface area contributed by atoms with Crippen LogP contribution in [0.2, 0.25) is 0 Å². The molecule has 0 amide bonds. The first-order valence-electron chi connectivity index (χ1n) is 7.55. The lowest BCUT2D eigenvalue weighted by atomic mass is 9.94. The third-order valence-corrected chi connectivity index (χ3v) is 4.60. The maximum atomic E-state index is 9.35. The lowest BCUT2D eigenvalue weighted by molar-refractivity contribution is 0.206. The second kappa shape index (κ2) is 5.41. The van der Waals surface area contributed by atoms with E-state index in [1.54, 1.807) is 0 Å². The Bertz CT molecular complexity index is 546. The van der Waals surface area contributed by atoms with E-state index in [1.165, 1.54) is 17.7 Å². The number of pyridine rings is 1. The van der Waals surface area contributed by atoms with Crippen molar-refractivity contribution in [3.63, 3.8) is 0 Å². The molecule has 0 radical (unpaired) electrons. The summed E-state index contributed by atoms with van der Waals surface area (Å²) >= 11 is 0. The number of hydrogen-bond donors (Lipinski definition) is 1. The summed E-state index contributed by atoms with van der Waals surface area (Å²) in [7, 11) is 2.17. The summed E-state index contributed by atoms with van der Waals surface area (Å²) in [4.78, 5) is 7.09. The summed E-state index contributed by atoms with van der Waals surface area (Å²) in [6.07, 6.45) is 4.41. The molecule has 0 saturated carbocycles. The smallest absolute Gasteiger partial charge is 0.144 e. The molecular formula is C16H22N4. The van der Waals surface area contributed by atoms with Crippen LogP contribution in [0.1, 0.15) is 36.6 Å². The van der Waals surface area contributed by atoms with E-state index in [1.807, 2.05) is 6.07 Å². The van der Waals surface area contributed by atoms with E-state index in [-0.39, 0.29) is 0 Å². The van der Waals surface area contributed by atoms with E-state index >= 15 is 0 Å². The zero-order valence-corrected chi connectivity index (χ0v) is 12.3. The molecule has 1 fully saturated rings. The van der Waals surface area contributed by atoms with Gasteiger partial charge in [0.1, 0.15) is 11.9 Å². The van der Waals surface area contributed by atoms with Crippen LogP contribution in [0.5, 0.6) is 0 Å². The summed E-state index contributed by atoms with van der Waals surface area (Å²) in [6.45, 7) is 4.48. The summed E-state index contributed by atoms with van der Waals surface area (Å²) < 4.78 is 0. The molecule has 1 aromatic heterocycles. The number of nitriles is 1. The van der Waals surface area contributed by atoms with Crippen molar-refractivity contribution in [2.75, 3.05) is 25.5 Å². The van der Waals surface area contributed by atoms with E-state index < -0.39 is 0 Å². The Hall–Kier alpha value is -1.60. The normalized spacial score (nSPS) is 26.1. The highest BCUT2D eigenvalue weighted by molar-refractivity contribution is 5.55. The number of nitrogens with one attached hydrogen (secondary N) is 1. The van der Waals surface area contributed by atoms with Gasteiger partial charge in [0, 0.05) is 18.3 Å². The second-order valence-electron chi connectivity index (χ2n) is 6.23. The van der Waals surface area contributed by atoms with Gasteiger partial charge in [0.2, 0.25) is 0 Å². The summed E-state index contributed by atoms with van der Waals surface area (Å²) in [5.41, 5.74) is 3.16. The van der Waals surface area contributed by atoms with Crippen molar-refractivity contribution in [3.8, 4) is 6.07 Å². The number of fused-ring (bicyclic) bond motifs is 1. The van der Waals surface area contributed by atoms with Crippen molar-refractivity contribution in [1.82, 2.24) is 9.88 Å². The van der Waals surface area contributed by atoms with Crippen molar-refractivity contribution in [2.45, 2.75) is 38.6 Å². The Morgan fingerprint density at radius 2 is 2.30 bits per heavy atom. The molecule has 106 valence electrons. The first-order valence-corrected chi connectivity index (χ1v) is 7.55. The molecule has 20 heavy (non-hydrogen) atoms. The number of likely N-dealkylation sites (tertiary alicyclic amines) is 1. The predicted molar refractivity (Wildman–Crippen MR) is 79.7 cm³/mol. The molecule has 1 aliphatic carbocycles. The van der Waals surface area contributed by atoms with E-state index in [9.17, 15) is 5.26 Å². The number of aryl methyl sites for hydroxylation is 2. The minimum absolute atomic E-state index is 0.422. The lowest BCUT2D eigenvalue weighted by Gasteiger charge is -2.35. The van der Waals surface area contributed by atoms with Crippen LogP contribution in [0.25, 0.3) is 0 Å². The average Bonchev–Trinajstić information content (AvgIpc) is 2.88. The quantitative estimate of drug-likeness (QED) is 0.895. The molecule has 0 aromatic carbocycles. The van der Waals surface area contributed by atoms with Gasteiger partial charge in [0.15, 0.2) is 0 Å². The standard InChI is InChI=1S/C16H22N4/c1-11-10-20(2)7-6-14(11)18-16-13(9-17)8-12-4-3-5-15(12)19-16/h8,11,14H,3-7,10H2,1-2H3,(H,18,19). The fourth-order valence-corrected chi connectivity index (χ4v) is 3.41. The van der Waals surface area contributed by atoms with Gasteiger partial charge >= 0.3 is 0 Å². The van der Waals surface area contributed by atoms with Crippen molar-refractivity contribution in [2.24, 2.45) is 5.92 Å². The highest BCUT2D eigenvalue weighted by Gasteiger charge is 2.26. The van der Waals surface area contributed by atoms with Crippen LogP contribution in [-0.4, -0.2) is 36.1 Å². The number of aromatic nitrogens is 1. The summed E-state index contributed by atoms with van der Waals surface area (Å²) in [5.74, 6) is 1.38. The van der Waals surface area contributed by atoms with Crippen molar-refractivity contribution >= 4 is 5.82 Å². The average molecular weight is 270 g/mol. The van der Waals surface area contributed by atoms with Gasteiger partial charge < -0.3 is 10.2 Å². The van der Waals surface area contributed by atoms with Gasteiger partial charge in [-0.3, -0.25) is 0 Å². The molecule has 1 N–H and O–H groups in total. The molecule has 4 heteroatoms. The van der Waals surface area contributed by atoms with Gasteiger partial charge in [-0.2, -0.15) is 5.26 Å². The predicted octanol–water partition coefficient (Wildman–Crippen LogP) is 2.19. The van der Waals surface area contributed by atoms with Gasteiger partial charge in [-0.25, -0.2) is 4.98 Å². The van der Waals surface area contributed by atoms with E-state index in [0.29, 0.717) is 17.5 Å². The SMILES string of the molecule is CC1CN(C)CCC1Nc1nc2c(cc1C#N)CCC2. The zero-order chi connectivity index (χ0) is 14.1. The van der Waals surface area contributed by atoms with E-state index in [2.05, 4.69) is 30.3 Å². The monoisotopic (exact) mass is 270 g/mol. The lowest BCUT2D eigenvalue weighted by Crippen LogP contribution is -2.43. The number of anilines is 1. The fourth-order valence-electron chi connectivity index (χ4n) is 3.41. The second-order valence-corrected chi connectivity index (χ2v) is 6.23. The fraction of sp³-hybridized carbons (Fsp3) is 0.625. The summed E-state index contributed by atoms with van der Waals surface area (Å²) in [5, 5.41) is 12.9. The first-order chi connectivity index (χ1) is 9.67. The topological polar surface area (TPSA) is 52.0 Å². The van der Waals surface area contributed by atoms with E-state index in [4.69, 9.17) is 4.98 Å². The van der Waals surface area contributed by atoms with Crippen LogP contribution in [0.3, 0.4) is 0 Å². The number of rotatable bonds is 2. The zero-order valence-electron chi connectivity index (χ0n) is 12.3. The van der Waals surface area contributed by atoms with Gasteiger partial charge in [-0.15, -0.1) is 0 Å². The minimum Gasteiger partial charge on any atom is -0.366 e. The maximum absolute atomic E-state index is 9.35. The minimum atomic E-state index is 0.422. The molecule has 2 aliphatic rings. The number of piperidine rings is 1. The third-order valence-electron chi connectivity index (χ3n) is 4.60. The van der Waals surface area contributed by atoms with Crippen LogP contribution in [0, 0.1) is 17.2 Å². The van der Waals surface area contributed by atoms with Crippen molar-refractivity contribution in [3.05, 3.63) is 22.9 Å². The molecule has 4 nitrogen and oxygen atoms in total. The van der Waals surface area contributed by atoms with Gasteiger partial charge in [-0.05, 0) is 56.8 Å².